The summed E-state index contributed by atoms with van der Waals surface area (Å²) in [4.78, 5) is 22.9. The molecule has 8 nitrogen and oxygen atoms in total. The molecule has 3 rings (SSSR count). The molecule has 132 valence electrons. The number of amides is 1. The number of nitro groups is 1. The number of hydrogen-bond donors (Lipinski definition) is 1. The minimum absolute atomic E-state index is 0.0826. The van der Waals surface area contributed by atoms with E-state index >= 15 is 0 Å². The van der Waals surface area contributed by atoms with E-state index in [1.165, 1.54) is 43.7 Å². The van der Waals surface area contributed by atoms with E-state index in [1.807, 2.05) is 0 Å². The normalized spacial score (nSPS) is 27.7. The molecule has 0 aliphatic heterocycles. The van der Waals surface area contributed by atoms with Gasteiger partial charge in [0.2, 0.25) is 5.91 Å². The van der Waals surface area contributed by atoms with Gasteiger partial charge in [0.25, 0.3) is 0 Å². The summed E-state index contributed by atoms with van der Waals surface area (Å²) in [5.41, 5.74) is -0.238. The monoisotopic (exact) mass is 336 g/mol. The van der Waals surface area contributed by atoms with Crippen LogP contribution in [0.15, 0.2) is 6.20 Å². The van der Waals surface area contributed by atoms with Crippen molar-refractivity contribution in [2.45, 2.75) is 51.6 Å². The van der Waals surface area contributed by atoms with E-state index in [0.29, 0.717) is 5.92 Å². The Hall–Kier alpha value is -2.12. The van der Waals surface area contributed by atoms with Crippen LogP contribution in [0.5, 0.6) is 5.88 Å². The summed E-state index contributed by atoms with van der Waals surface area (Å²) in [6.07, 6.45) is 6.33. The van der Waals surface area contributed by atoms with Gasteiger partial charge < -0.3 is 10.1 Å². The maximum absolute atomic E-state index is 12.5. The van der Waals surface area contributed by atoms with E-state index in [2.05, 4.69) is 17.3 Å². The van der Waals surface area contributed by atoms with Gasteiger partial charge in [0.15, 0.2) is 0 Å². The molecule has 0 radical (unpaired) electrons. The topological polar surface area (TPSA) is 99.3 Å². The van der Waals surface area contributed by atoms with Crippen LogP contribution in [0.3, 0.4) is 0 Å². The Morgan fingerprint density at radius 2 is 2.21 bits per heavy atom. The number of nitrogens with one attached hydrogen (secondary N) is 1. The molecule has 5 unspecified atom stereocenters. The second-order valence-corrected chi connectivity index (χ2v) is 7.07. The number of aromatic nitrogens is 2. The Balaban J connectivity index is 1.65. The second kappa shape index (κ2) is 6.41. The molecule has 0 saturated heterocycles. The molecular weight excluding hydrogens is 312 g/mol. The fourth-order valence-electron chi connectivity index (χ4n) is 4.31. The number of carbonyl (C=O) groups excluding carboxylic acids is 1. The quantitative estimate of drug-likeness (QED) is 0.635. The van der Waals surface area contributed by atoms with Crippen LogP contribution in [0.2, 0.25) is 0 Å². The van der Waals surface area contributed by atoms with Gasteiger partial charge in [0.05, 0.1) is 12.0 Å². The van der Waals surface area contributed by atoms with E-state index < -0.39 is 11.0 Å². The number of methoxy groups -OCH3 is 1. The molecule has 1 N–H and O–H groups in total. The molecule has 1 heterocycles. The summed E-state index contributed by atoms with van der Waals surface area (Å²) >= 11 is 0. The van der Waals surface area contributed by atoms with Crippen molar-refractivity contribution < 1.29 is 14.5 Å². The SMILES string of the molecule is COc1nn(C(C)C(=O)NC(C)C2CC3CCC2C3)cc1[N+](=O)[O-]. The fourth-order valence-corrected chi connectivity index (χ4v) is 4.31. The molecule has 2 aliphatic carbocycles. The van der Waals surface area contributed by atoms with Crippen molar-refractivity contribution in [2.75, 3.05) is 7.11 Å². The highest BCUT2D eigenvalue weighted by Gasteiger charge is 2.42. The Morgan fingerprint density at radius 3 is 2.71 bits per heavy atom. The predicted molar refractivity (Wildman–Crippen MR) is 86.7 cm³/mol. The van der Waals surface area contributed by atoms with E-state index in [1.54, 1.807) is 6.92 Å². The third-order valence-corrected chi connectivity index (χ3v) is 5.65. The number of fused-ring (bicyclic) bond motifs is 2. The molecule has 1 aromatic rings. The first-order valence-electron chi connectivity index (χ1n) is 8.48. The van der Waals surface area contributed by atoms with E-state index in [9.17, 15) is 14.9 Å². The molecule has 8 heteroatoms. The summed E-state index contributed by atoms with van der Waals surface area (Å²) in [5, 5.41) is 18.1. The Kier molecular flexibility index (Phi) is 4.47. The molecule has 0 aromatic carbocycles. The van der Waals surface area contributed by atoms with Crippen LogP contribution in [-0.2, 0) is 4.79 Å². The molecule has 1 aromatic heterocycles. The summed E-state index contributed by atoms with van der Waals surface area (Å²) in [6, 6.07) is -0.517. The average Bonchev–Trinajstić information content (AvgIpc) is 3.27. The van der Waals surface area contributed by atoms with Gasteiger partial charge in [-0.3, -0.25) is 14.9 Å². The minimum Gasteiger partial charge on any atom is -0.475 e. The van der Waals surface area contributed by atoms with Gasteiger partial charge in [-0.1, -0.05) is 6.42 Å². The summed E-state index contributed by atoms with van der Waals surface area (Å²) in [6.45, 7) is 3.74. The summed E-state index contributed by atoms with van der Waals surface area (Å²) in [7, 11) is 1.32. The standard InChI is InChI=1S/C16H24N4O4/c1-9(13-7-11-4-5-12(13)6-11)17-15(21)10(2)19-8-14(20(22)23)16(18-19)24-3/h8-13H,4-7H2,1-3H3,(H,17,21). The number of carbonyl (C=O) groups is 1. The van der Waals surface area contributed by atoms with Crippen molar-refractivity contribution in [2.24, 2.45) is 17.8 Å². The number of hydrogen-bond acceptors (Lipinski definition) is 5. The van der Waals surface area contributed by atoms with Crippen LogP contribution in [0.4, 0.5) is 5.69 Å². The highest BCUT2D eigenvalue weighted by molar-refractivity contribution is 5.80. The van der Waals surface area contributed by atoms with Gasteiger partial charge >= 0.3 is 11.6 Å². The Morgan fingerprint density at radius 1 is 1.46 bits per heavy atom. The van der Waals surface area contributed by atoms with Crippen LogP contribution in [0.25, 0.3) is 0 Å². The fraction of sp³-hybridized carbons (Fsp3) is 0.750. The molecule has 2 aliphatic rings. The minimum atomic E-state index is -0.631. The van der Waals surface area contributed by atoms with Crippen molar-refractivity contribution >= 4 is 11.6 Å². The van der Waals surface area contributed by atoms with Crippen molar-refractivity contribution in [1.82, 2.24) is 15.1 Å². The molecule has 2 saturated carbocycles. The first-order valence-corrected chi connectivity index (χ1v) is 8.48. The highest BCUT2D eigenvalue weighted by Crippen LogP contribution is 2.49. The predicted octanol–water partition coefficient (Wildman–Crippen LogP) is 2.30. The summed E-state index contributed by atoms with van der Waals surface area (Å²) in [5.74, 6) is 1.84. The Labute approximate surface area is 140 Å². The van der Waals surface area contributed by atoms with Crippen molar-refractivity contribution in [3.8, 4) is 5.88 Å². The molecule has 2 bridgehead atoms. The van der Waals surface area contributed by atoms with Crippen LogP contribution < -0.4 is 10.1 Å². The molecular formula is C16H24N4O4. The maximum Gasteiger partial charge on any atom is 0.350 e. The van der Waals surface area contributed by atoms with Gasteiger partial charge in [-0.15, -0.1) is 5.10 Å². The second-order valence-electron chi connectivity index (χ2n) is 7.07. The average molecular weight is 336 g/mol. The smallest absolute Gasteiger partial charge is 0.350 e. The lowest BCUT2D eigenvalue weighted by Gasteiger charge is -2.29. The van der Waals surface area contributed by atoms with Gasteiger partial charge in [-0.25, -0.2) is 4.68 Å². The van der Waals surface area contributed by atoms with Crippen molar-refractivity contribution in [3.63, 3.8) is 0 Å². The van der Waals surface area contributed by atoms with Gasteiger partial charge in [0.1, 0.15) is 12.2 Å². The van der Waals surface area contributed by atoms with Crippen LogP contribution in [0, 0.1) is 27.9 Å². The first kappa shape index (κ1) is 16.7. The van der Waals surface area contributed by atoms with E-state index in [4.69, 9.17) is 4.74 Å². The van der Waals surface area contributed by atoms with Crippen LogP contribution >= 0.6 is 0 Å². The van der Waals surface area contributed by atoms with Gasteiger partial charge in [0, 0.05) is 6.04 Å². The highest BCUT2D eigenvalue weighted by atomic mass is 16.6. The lowest BCUT2D eigenvalue weighted by molar-refractivity contribution is -0.385. The Bertz CT molecular complexity index is 644. The zero-order valence-corrected chi connectivity index (χ0v) is 14.3. The first-order chi connectivity index (χ1) is 11.4. The lowest BCUT2D eigenvalue weighted by Crippen LogP contribution is -2.43. The van der Waals surface area contributed by atoms with Crippen molar-refractivity contribution in [3.05, 3.63) is 16.3 Å². The number of nitrogens with zero attached hydrogens (tertiary/aromatic N) is 3. The zero-order valence-electron chi connectivity index (χ0n) is 14.3. The molecule has 2 fully saturated rings. The maximum atomic E-state index is 12.5. The third kappa shape index (κ3) is 2.97. The lowest BCUT2D eigenvalue weighted by atomic mass is 9.84. The molecule has 5 atom stereocenters. The van der Waals surface area contributed by atoms with E-state index in [0.717, 1.165) is 11.8 Å². The zero-order chi connectivity index (χ0) is 17.4. The molecule has 0 spiro atoms. The molecule has 1 amide bonds. The molecule has 24 heavy (non-hydrogen) atoms. The summed E-state index contributed by atoms with van der Waals surface area (Å²) < 4.78 is 6.20. The van der Waals surface area contributed by atoms with E-state index in [-0.39, 0.29) is 23.5 Å². The van der Waals surface area contributed by atoms with Crippen LogP contribution in [0.1, 0.15) is 45.6 Å². The number of ether oxygens (including phenoxy) is 1. The van der Waals surface area contributed by atoms with Crippen LogP contribution in [-0.4, -0.2) is 33.8 Å². The third-order valence-electron chi connectivity index (χ3n) is 5.65. The number of rotatable bonds is 6. The van der Waals surface area contributed by atoms with Gasteiger partial charge in [-0.2, -0.15) is 0 Å². The van der Waals surface area contributed by atoms with Gasteiger partial charge in [-0.05, 0) is 50.9 Å². The largest absolute Gasteiger partial charge is 0.475 e. The van der Waals surface area contributed by atoms with Crippen molar-refractivity contribution in [1.29, 1.82) is 0 Å².